The molecular weight excluding hydrogens is 210 g/mol. The summed E-state index contributed by atoms with van der Waals surface area (Å²) in [5.41, 5.74) is 0. The molecule has 0 aliphatic heterocycles. The maximum Gasteiger partial charge on any atom is 0.407 e. The monoisotopic (exact) mass is 231 g/mol. The summed E-state index contributed by atoms with van der Waals surface area (Å²) in [4.78, 5) is 20.5. The Morgan fingerprint density at radius 2 is 1.94 bits per heavy atom. The molecule has 0 bridgehead atoms. The number of ether oxygens (including phenoxy) is 1. The molecule has 5 heteroatoms. The number of carboxylic acids is 1. The molecular formula is C11H21NO4. The molecule has 0 aromatic rings. The van der Waals surface area contributed by atoms with Crippen LogP contribution in [0.3, 0.4) is 0 Å². The molecule has 1 amide bonds. The number of amides is 1. The van der Waals surface area contributed by atoms with Crippen molar-refractivity contribution in [2.45, 2.75) is 27.2 Å². The van der Waals surface area contributed by atoms with Gasteiger partial charge in [0.2, 0.25) is 0 Å². The van der Waals surface area contributed by atoms with Crippen molar-refractivity contribution >= 4 is 12.1 Å². The molecule has 0 radical (unpaired) electrons. The first-order valence-corrected chi connectivity index (χ1v) is 5.13. The van der Waals surface area contributed by atoms with E-state index in [1.54, 1.807) is 6.08 Å². The Kier molecular flexibility index (Phi) is 12.2. The van der Waals surface area contributed by atoms with E-state index in [2.05, 4.69) is 32.1 Å². The van der Waals surface area contributed by atoms with E-state index < -0.39 is 18.6 Å². The highest BCUT2D eigenvalue weighted by molar-refractivity contribution is 5.76. The van der Waals surface area contributed by atoms with Gasteiger partial charge in [0, 0.05) is 0 Å². The highest BCUT2D eigenvalue weighted by Gasteiger charge is 2.02. The molecule has 0 aliphatic carbocycles. The lowest BCUT2D eigenvalue weighted by Crippen LogP contribution is -2.29. The Morgan fingerprint density at radius 3 is 2.31 bits per heavy atom. The molecule has 16 heavy (non-hydrogen) atoms. The lowest BCUT2D eigenvalue weighted by atomic mass is 10.3. The summed E-state index contributed by atoms with van der Waals surface area (Å²) in [7, 11) is 0. The van der Waals surface area contributed by atoms with Crippen molar-refractivity contribution in [3.8, 4) is 0 Å². The molecule has 5 nitrogen and oxygen atoms in total. The van der Waals surface area contributed by atoms with E-state index in [0.29, 0.717) is 6.42 Å². The van der Waals surface area contributed by atoms with Gasteiger partial charge in [-0.25, -0.2) is 4.79 Å². The van der Waals surface area contributed by atoms with Crippen molar-refractivity contribution in [3.63, 3.8) is 0 Å². The van der Waals surface area contributed by atoms with E-state index in [4.69, 9.17) is 5.11 Å². The van der Waals surface area contributed by atoms with Crippen LogP contribution < -0.4 is 5.32 Å². The fourth-order valence-electron chi connectivity index (χ4n) is 0.434. The van der Waals surface area contributed by atoms with Crippen molar-refractivity contribution in [1.29, 1.82) is 0 Å². The normalized spacial score (nSPS) is 8.75. The lowest BCUT2D eigenvalue weighted by Gasteiger charge is -2.02. The van der Waals surface area contributed by atoms with Gasteiger partial charge in [0.25, 0.3) is 0 Å². The van der Waals surface area contributed by atoms with E-state index in [1.165, 1.54) is 0 Å². The second-order valence-corrected chi connectivity index (χ2v) is 3.69. The van der Waals surface area contributed by atoms with Crippen LogP contribution in [0, 0.1) is 5.92 Å². The molecule has 94 valence electrons. The van der Waals surface area contributed by atoms with Gasteiger partial charge in [0.1, 0.15) is 6.54 Å². The fourth-order valence-corrected chi connectivity index (χ4v) is 0.434. The van der Waals surface area contributed by atoms with Crippen molar-refractivity contribution in [1.82, 2.24) is 5.32 Å². The van der Waals surface area contributed by atoms with Crippen LogP contribution in [0.15, 0.2) is 12.7 Å². The molecule has 0 heterocycles. The summed E-state index contributed by atoms with van der Waals surface area (Å²) in [5.74, 6) is -0.268. The van der Waals surface area contributed by atoms with Crippen LogP contribution in [0.2, 0.25) is 0 Å². The van der Waals surface area contributed by atoms with Gasteiger partial charge in [0.05, 0.1) is 6.61 Å². The van der Waals surface area contributed by atoms with Crippen LogP contribution >= 0.6 is 0 Å². The van der Waals surface area contributed by atoms with E-state index >= 15 is 0 Å². The average molecular weight is 231 g/mol. The molecule has 0 aromatic carbocycles. The third-order valence-electron chi connectivity index (χ3n) is 0.939. The largest absolute Gasteiger partial charge is 0.480 e. The Bertz CT molecular complexity index is 211. The van der Waals surface area contributed by atoms with Gasteiger partial charge >= 0.3 is 12.1 Å². The maximum atomic E-state index is 10.6. The van der Waals surface area contributed by atoms with Gasteiger partial charge in [-0.2, -0.15) is 0 Å². The molecule has 0 atom stereocenters. The highest BCUT2D eigenvalue weighted by atomic mass is 16.5. The van der Waals surface area contributed by atoms with Crippen LogP contribution in [0.1, 0.15) is 27.2 Å². The first-order valence-electron chi connectivity index (χ1n) is 5.13. The molecule has 2 N–H and O–H groups in total. The van der Waals surface area contributed by atoms with Crippen molar-refractivity contribution in [2.75, 3.05) is 13.2 Å². The van der Waals surface area contributed by atoms with Crippen LogP contribution in [0.4, 0.5) is 4.79 Å². The number of carboxylic acid groups (broad SMARTS) is 1. The predicted octanol–water partition coefficient (Wildman–Crippen LogP) is 2.04. The van der Waals surface area contributed by atoms with Gasteiger partial charge in [-0.05, 0) is 12.3 Å². The third kappa shape index (κ3) is 22.9. The Labute approximate surface area is 96.5 Å². The topological polar surface area (TPSA) is 75.6 Å². The van der Waals surface area contributed by atoms with Crippen LogP contribution in [-0.2, 0) is 9.53 Å². The second kappa shape index (κ2) is 11.6. The SMILES string of the molecule is C=CCCOC(=O)NCC(=O)O.CC(C)C. The first kappa shape index (κ1) is 16.9. The number of nitrogens with one attached hydrogen (secondary N) is 1. The molecule has 0 saturated heterocycles. The zero-order valence-corrected chi connectivity index (χ0v) is 10.2. The lowest BCUT2D eigenvalue weighted by molar-refractivity contribution is -0.135. The van der Waals surface area contributed by atoms with Gasteiger partial charge in [-0.1, -0.05) is 26.8 Å². The standard InChI is InChI=1S/C7H11NO4.C4H10/c1-2-3-4-12-7(11)8-5-6(9)10;1-4(2)3/h2H,1,3-5H2,(H,8,11)(H,9,10);4H,1-3H3. The summed E-state index contributed by atoms with van der Waals surface area (Å²) < 4.78 is 4.55. The summed E-state index contributed by atoms with van der Waals surface area (Å²) in [5, 5.41) is 10.2. The van der Waals surface area contributed by atoms with Crippen molar-refractivity contribution in [3.05, 3.63) is 12.7 Å². The predicted molar refractivity (Wildman–Crippen MR) is 62.3 cm³/mol. The zero-order valence-electron chi connectivity index (χ0n) is 10.2. The Morgan fingerprint density at radius 1 is 1.44 bits per heavy atom. The molecule has 0 saturated carbocycles. The van der Waals surface area contributed by atoms with Crippen LogP contribution in [-0.4, -0.2) is 30.3 Å². The summed E-state index contributed by atoms with van der Waals surface area (Å²) in [6.07, 6.45) is 1.43. The molecule has 0 aliphatic rings. The van der Waals surface area contributed by atoms with Crippen molar-refractivity contribution in [2.24, 2.45) is 5.92 Å². The summed E-state index contributed by atoms with van der Waals surface area (Å²) >= 11 is 0. The zero-order chi connectivity index (χ0) is 13.0. The number of carbonyl (C=O) groups excluding carboxylic acids is 1. The number of carbonyl (C=O) groups is 2. The molecule has 0 fully saturated rings. The minimum atomic E-state index is -1.10. The van der Waals surface area contributed by atoms with E-state index in [9.17, 15) is 9.59 Å². The van der Waals surface area contributed by atoms with Gasteiger partial charge in [-0.3, -0.25) is 4.79 Å². The van der Waals surface area contributed by atoms with Crippen LogP contribution in [0.5, 0.6) is 0 Å². The number of hydrogen-bond acceptors (Lipinski definition) is 3. The summed E-state index contributed by atoms with van der Waals surface area (Å²) in [6.45, 7) is 9.72. The van der Waals surface area contributed by atoms with Gasteiger partial charge in [-0.15, -0.1) is 6.58 Å². The molecule has 0 unspecified atom stereocenters. The molecule has 0 spiro atoms. The minimum Gasteiger partial charge on any atom is -0.480 e. The fraction of sp³-hybridized carbons (Fsp3) is 0.636. The molecule has 0 rings (SSSR count). The van der Waals surface area contributed by atoms with Crippen molar-refractivity contribution < 1.29 is 19.4 Å². The number of aliphatic carboxylic acids is 1. The van der Waals surface area contributed by atoms with Gasteiger partial charge in [0.15, 0.2) is 0 Å². The number of rotatable bonds is 5. The summed E-state index contributed by atoms with van der Waals surface area (Å²) in [6, 6.07) is 0. The average Bonchev–Trinajstić information content (AvgIpc) is 2.14. The highest BCUT2D eigenvalue weighted by Crippen LogP contribution is 1.83. The number of hydrogen-bond donors (Lipinski definition) is 2. The van der Waals surface area contributed by atoms with E-state index in [1.807, 2.05) is 5.32 Å². The van der Waals surface area contributed by atoms with E-state index in [0.717, 1.165) is 5.92 Å². The Balaban J connectivity index is 0. The first-order chi connectivity index (χ1) is 7.40. The minimum absolute atomic E-state index is 0.217. The van der Waals surface area contributed by atoms with Crippen LogP contribution in [0.25, 0.3) is 0 Å². The third-order valence-corrected chi connectivity index (χ3v) is 0.939. The van der Waals surface area contributed by atoms with Gasteiger partial charge < -0.3 is 15.2 Å². The smallest absolute Gasteiger partial charge is 0.407 e. The Hall–Kier alpha value is -1.52. The quantitative estimate of drug-likeness (QED) is 0.560. The van der Waals surface area contributed by atoms with E-state index in [-0.39, 0.29) is 6.61 Å². The second-order valence-electron chi connectivity index (χ2n) is 3.69. The molecule has 0 aromatic heterocycles. The number of alkyl carbamates (subject to hydrolysis) is 1. The maximum absolute atomic E-state index is 10.6.